The van der Waals surface area contributed by atoms with Gasteiger partial charge < -0.3 is 11.1 Å². The molecule has 0 unspecified atom stereocenters. The average molecular weight is 250 g/mol. The highest BCUT2D eigenvalue weighted by Gasteiger charge is 2.02. The van der Waals surface area contributed by atoms with E-state index >= 15 is 0 Å². The molecule has 0 radical (unpaired) electrons. The van der Waals surface area contributed by atoms with Gasteiger partial charge in [-0.05, 0) is 25.3 Å². The Morgan fingerprint density at radius 2 is 2.24 bits per heavy atom. The van der Waals surface area contributed by atoms with E-state index in [2.05, 4.69) is 5.32 Å². The second-order valence-electron chi connectivity index (χ2n) is 4.09. The summed E-state index contributed by atoms with van der Waals surface area (Å²) in [6.07, 6.45) is 1.91. The summed E-state index contributed by atoms with van der Waals surface area (Å²) in [5.41, 5.74) is 7.58. The molecule has 17 heavy (non-hydrogen) atoms. The van der Waals surface area contributed by atoms with Crippen LogP contribution in [0.15, 0.2) is 24.3 Å². The largest absolute Gasteiger partial charge is 0.393 e. The maximum Gasteiger partial charge on any atom is 0.224 e. The lowest BCUT2D eigenvalue weighted by atomic mass is 10.1. The summed E-state index contributed by atoms with van der Waals surface area (Å²) in [4.78, 5) is 12.1. The van der Waals surface area contributed by atoms with Gasteiger partial charge in [0.2, 0.25) is 5.91 Å². The monoisotopic (exact) mass is 250 g/mol. The topological polar surface area (TPSA) is 55.1 Å². The Morgan fingerprint density at radius 3 is 2.88 bits per heavy atom. The first-order valence-electron chi connectivity index (χ1n) is 5.68. The van der Waals surface area contributed by atoms with Crippen molar-refractivity contribution in [2.45, 2.75) is 26.2 Å². The summed E-state index contributed by atoms with van der Waals surface area (Å²) in [7, 11) is 0. The van der Waals surface area contributed by atoms with Gasteiger partial charge in [0.15, 0.2) is 0 Å². The minimum absolute atomic E-state index is 0.0403. The number of hydrogen-bond donors (Lipinski definition) is 2. The number of benzene rings is 1. The van der Waals surface area contributed by atoms with E-state index in [1.165, 1.54) is 5.56 Å². The van der Waals surface area contributed by atoms with Crippen LogP contribution in [0.2, 0.25) is 0 Å². The summed E-state index contributed by atoms with van der Waals surface area (Å²) >= 11 is 4.76. The molecule has 0 saturated carbocycles. The molecule has 0 aromatic heterocycles. The van der Waals surface area contributed by atoms with Gasteiger partial charge in [0.25, 0.3) is 0 Å². The van der Waals surface area contributed by atoms with E-state index in [1.54, 1.807) is 0 Å². The number of rotatable bonds is 6. The number of carbonyl (C=O) groups is 1. The standard InChI is InChI=1S/C13H18N2OS/c1-10-4-2-5-11(8-10)9-13(16)15-7-3-6-12(14)17/h2,4-5,8H,3,6-7,9H2,1H3,(H2,14,17)(H,15,16). The van der Waals surface area contributed by atoms with Crippen LogP contribution in [0.4, 0.5) is 0 Å². The van der Waals surface area contributed by atoms with Crippen LogP contribution >= 0.6 is 12.2 Å². The molecule has 0 aliphatic carbocycles. The smallest absolute Gasteiger partial charge is 0.224 e. The van der Waals surface area contributed by atoms with E-state index in [9.17, 15) is 4.79 Å². The number of carbonyl (C=O) groups excluding carboxylic acids is 1. The average Bonchev–Trinajstić information content (AvgIpc) is 2.24. The zero-order chi connectivity index (χ0) is 12.7. The summed E-state index contributed by atoms with van der Waals surface area (Å²) in [6.45, 7) is 2.64. The zero-order valence-corrected chi connectivity index (χ0v) is 10.8. The van der Waals surface area contributed by atoms with Crippen molar-refractivity contribution in [2.75, 3.05) is 6.54 Å². The van der Waals surface area contributed by atoms with Crippen molar-refractivity contribution in [3.63, 3.8) is 0 Å². The van der Waals surface area contributed by atoms with Crippen molar-refractivity contribution in [1.82, 2.24) is 5.32 Å². The first-order valence-corrected chi connectivity index (χ1v) is 6.09. The van der Waals surface area contributed by atoms with Crippen LogP contribution in [0.3, 0.4) is 0 Å². The normalized spacial score (nSPS) is 9.94. The molecule has 1 aromatic carbocycles. The van der Waals surface area contributed by atoms with Gasteiger partial charge in [0, 0.05) is 6.54 Å². The van der Waals surface area contributed by atoms with Gasteiger partial charge >= 0.3 is 0 Å². The van der Waals surface area contributed by atoms with Crippen LogP contribution < -0.4 is 11.1 Å². The minimum Gasteiger partial charge on any atom is -0.393 e. The minimum atomic E-state index is 0.0403. The maximum absolute atomic E-state index is 11.6. The van der Waals surface area contributed by atoms with Crippen LogP contribution in [0, 0.1) is 6.92 Å². The molecule has 1 amide bonds. The fourth-order valence-electron chi connectivity index (χ4n) is 1.56. The fraction of sp³-hybridized carbons (Fsp3) is 0.385. The van der Waals surface area contributed by atoms with E-state index in [1.807, 2.05) is 31.2 Å². The summed E-state index contributed by atoms with van der Waals surface area (Å²) in [5, 5.41) is 2.85. The summed E-state index contributed by atoms with van der Waals surface area (Å²) in [6, 6.07) is 7.96. The number of hydrogen-bond acceptors (Lipinski definition) is 2. The molecular formula is C13H18N2OS. The third kappa shape index (κ3) is 6.02. The number of thiocarbonyl (C=S) groups is 1. The lowest BCUT2D eigenvalue weighted by Crippen LogP contribution is -2.26. The Kier molecular flexibility index (Phi) is 5.63. The van der Waals surface area contributed by atoms with Gasteiger partial charge in [-0.2, -0.15) is 0 Å². The van der Waals surface area contributed by atoms with E-state index in [0.717, 1.165) is 12.0 Å². The Labute approximate surface area is 107 Å². The molecule has 1 rings (SSSR count). The summed E-state index contributed by atoms with van der Waals surface area (Å²) < 4.78 is 0. The van der Waals surface area contributed by atoms with Crippen LogP contribution in [0.1, 0.15) is 24.0 Å². The second-order valence-corrected chi connectivity index (χ2v) is 4.61. The Morgan fingerprint density at radius 1 is 1.47 bits per heavy atom. The molecule has 0 spiro atoms. The van der Waals surface area contributed by atoms with Crippen LogP contribution in [0.5, 0.6) is 0 Å². The Balaban J connectivity index is 2.27. The highest BCUT2D eigenvalue weighted by molar-refractivity contribution is 7.80. The predicted molar refractivity (Wildman–Crippen MR) is 73.9 cm³/mol. The lowest BCUT2D eigenvalue weighted by Gasteiger charge is -2.05. The number of nitrogens with two attached hydrogens (primary N) is 1. The molecule has 1 aromatic rings. The van der Waals surface area contributed by atoms with Crippen LogP contribution in [-0.2, 0) is 11.2 Å². The van der Waals surface area contributed by atoms with Crippen molar-refractivity contribution in [1.29, 1.82) is 0 Å². The van der Waals surface area contributed by atoms with E-state index in [4.69, 9.17) is 18.0 Å². The predicted octanol–water partition coefficient (Wildman–Crippen LogP) is 1.72. The van der Waals surface area contributed by atoms with E-state index in [-0.39, 0.29) is 5.91 Å². The van der Waals surface area contributed by atoms with Gasteiger partial charge in [0.1, 0.15) is 0 Å². The van der Waals surface area contributed by atoms with Crippen LogP contribution in [0.25, 0.3) is 0 Å². The SMILES string of the molecule is Cc1cccc(CC(=O)NCCCC(N)=S)c1. The van der Waals surface area contributed by atoms with Crippen molar-refractivity contribution in [3.05, 3.63) is 35.4 Å². The zero-order valence-electron chi connectivity index (χ0n) is 10.0. The molecule has 0 atom stereocenters. The van der Waals surface area contributed by atoms with Gasteiger partial charge in [-0.1, -0.05) is 42.0 Å². The van der Waals surface area contributed by atoms with Gasteiger partial charge in [-0.15, -0.1) is 0 Å². The quantitative estimate of drug-likeness (QED) is 0.597. The maximum atomic E-state index is 11.6. The van der Waals surface area contributed by atoms with Crippen molar-refractivity contribution >= 4 is 23.1 Å². The van der Waals surface area contributed by atoms with E-state index < -0.39 is 0 Å². The molecule has 0 saturated heterocycles. The second kappa shape index (κ2) is 7.01. The molecule has 3 N–H and O–H groups in total. The molecule has 0 heterocycles. The summed E-state index contributed by atoms with van der Waals surface area (Å²) in [5.74, 6) is 0.0403. The molecule has 0 aliphatic heterocycles. The van der Waals surface area contributed by atoms with Crippen LogP contribution in [-0.4, -0.2) is 17.4 Å². The lowest BCUT2D eigenvalue weighted by molar-refractivity contribution is -0.120. The molecule has 0 fully saturated rings. The van der Waals surface area contributed by atoms with Crippen molar-refractivity contribution < 1.29 is 4.79 Å². The third-order valence-electron chi connectivity index (χ3n) is 2.37. The number of aryl methyl sites for hydroxylation is 1. The highest BCUT2D eigenvalue weighted by Crippen LogP contribution is 2.04. The number of amides is 1. The highest BCUT2D eigenvalue weighted by atomic mass is 32.1. The Bertz CT molecular complexity index is 404. The first-order chi connectivity index (χ1) is 8.08. The van der Waals surface area contributed by atoms with Crippen molar-refractivity contribution in [3.8, 4) is 0 Å². The fourth-order valence-corrected chi connectivity index (χ4v) is 1.70. The number of nitrogens with one attached hydrogen (secondary N) is 1. The van der Waals surface area contributed by atoms with Crippen molar-refractivity contribution in [2.24, 2.45) is 5.73 Å². The van der Waals surface area contributed by atoms with Gasteiger partial charge in [-0.25, -0.2) is 0 Å². The molecule has 4 heteroatoms. The molecule has 3 nitrogen and oxygen atoms in total. The molecular weight excluding hydrogens is 232 g/mol. The molecule has 0 bridgehead atoms. The molecule has 92 valence electrons. The first kappa shape index (κ1) is 13.6. The van der Waals surface area contributed by atoms with Gasteiger partial charge in [0.05, 0.1) is 11.4 Å². The Hall–Kier alpha value is -1.42. The third-order valence-corrected chi connectivity index (χ3v) is 2.57. The van der Waals surface area contributed by atoms with E-state index in [0.29, 0.717) is 24.4 Å². The van der Waals surface area contributed by atoms with Gasteiger partial charge in [-0.3, -0.25) is 4.79 Å². The molecule has 0 aliphatic rings.